The van der Waals surface area contributed by atoms with Gasteiger partial charge in [-0.1, -0.05) is 121 Å². The van der Waals surface area contributed by atoms with Crippen LogP contribution in [0.1, 0.15) is 0 Å². The molecule has 0 spiro atoms. The zero-order chi connectivity index (χ0) is 42.4. The van der Waals surface area contributed by atoms with E-state index in [1.54, 1.807) is 24.8 Å². The third-order valence-corrected chi connectivity index (χ3v) is 11.3. The van der Waals surface area contributed by atoms with Crippen molar-refractivity contribution in [2.24, 2.45) is 0 Å². The van der Waals surface area contributed by atoms with E-state index in [2.05, 4.69) is 151 Å². The average molecular weight is 827 g/mol. The largest absolute Gasteiger partial charge is 0.456 e. The van der Waals surface area contributed by atoms with Gasteiger partial charge in [0.1, 0.15) is 23.0 Å². The fourth-order valence-corrected chi connectivity index (χ4v) is 8.34. The lowest BCUT2D eigenvalue weighted by atomic mass is 10.1. The van der Waals surface area contributed by atoms with Gasteiger partial charge in [-0.3, -0.25) is 38.2 Å². The monoisotopic (exact) mass is 826 g/mol. The molecule has 0 N–H and O–H groups in total. The van der Waals surface area contributed by atoms with Crippen LogP contribution in [0.2, 0.25) is 0 Å². The molecule has 12 aromatic rings. The molecule has 6 aromatic heterocycles. The third-order valence-electron chi connectivity index (χ3n) is 11.3. The van der Waals surface area contributed by atoms with E-state index >= 15 is 0 Å². The van der Waals surface area contributed by atoms with Crippen molar-refractivity contribution >= 4 is 43.6 Å². The molecule has 0 aliphatic heterocycles. The quantitative estimate of drug-likeness (QED) is 0.106. The molecule has 0 saturated carbocycles. The van der Waals surface area contributed by atoms with Crippen LogP contribution in [-0.4, -0.2) is 29.1 Å². The summed E-state index contributed by atoms with van der Waals surface area (Å²) in [4.78, 5) is 18.4. The maximum Gasteiger partial charge on any atom is 0.269 e. The van der Waals surface area contributed by atoms with E-state index in [0.717, 1.165) is 66.4 Å². The molecule has 10 nitrogen and oxygen atoms in total. The summed E-state index contributed by atoms with van der Waals surface area (Å²) in [6, 6.07) is 57.1. The fourth-order valence-electron chi connectivity index (χ4n) is 8.34. The molecular weight excluding hydrogens is 793 g/mol. The van der Waals surface area contributed by atoms with Gasteiger partial charge in [0.15, 0.2) is 0 Å². The Kier molecular flexibility index (Phi) is 8.89. The van der Waals surface area contributed by atoms with Crippen LogP contribution in [0.15, 0.2) is 207 Å². The Morgan fingerprint density at radius 3 is 1.34 bits per heavy atom. The zero-order valence-electron chi connectivity index (χ0n) is 34.0. The molecule has 0 amide bonds. The molecule has 64 heavy (non-hydrogen) atoms. The maximum absolute atomic E-state index is 6.42. The predicted octanol–water partition coefficient (Wildman–Crippen LogP) is 10.9. The van der Waals surface area contributed by atoms with Crippen LogP contribution in [-0.2, 0) is 0 Å². The van der Waals surface area contributed by atoms with Crippen LogP contribution < -0.4 is 18.6 Å². The highest BCUT2D eigenvalue weighted by Crippen LogP contribution is 2.31. The van der Waals surface area contributed by atoms with E-state index in [1.165, 1.54) is 0 Å². The van der Waals surface area contributed by atoms with Gasteiger partial charge in [-0.15, -0.1) is 0 Å². The molecule has 0 saturated heterocycles. The van der Waals surface area contributed by atoms with E-state index in [-0.39, 0.29) is 0 Å². The van der Waals surface area contributed by atoms with Crippen molar-refractivity contribution in [3.05, 3.63) is 220 Å². The van der Waals surface area contributed by atoms with Crippen LogP contribution in [0.25, 0.3) is 77.7 Å². The lowest BCUT2D eigenvalue weighted by Crippen LogP contribution is -2.29. The summed E-state index contributed by atoms with van der Waals surface area (Å²) in [5.41, 5.74) is 8.93. The second kappa shape index (κ2) is 15.5. The summed E-state index contributed by atoms with van der Waals surface area (Å²) < 4.78 is 21.1. The lowest BCUT2D eigenvalue weighted by Gasteiger charge is -2.10. The number of aromatic nitrogens is 8. The van der Waals surface area contributed by atoms with Gasteiger partial charge in [0.05, 0.1) is 68.6 Å². The minimum Gasteiger partial charge on any atom is -0.456 e. The lowest BCUT2D eigenvalue weighted by molar-refractivity contribution is -0.573. The van der Waals surface area contributed by atoms with Crippen molar-refractivity contribution < 1.29 is 18.6 Å². The third kappa shape index (κ3) is 6.63. The standard InChI is InChI=1S/C54H34N8O2/c1-3-15-45-37(11-1)13-9-21-49(45)61-35-59(51-17-5-7-19-53(51)61)39-27-43(33-55-31-39)63-41-23-25-57-47(29-41)48-30-42(24-26-58-48)64-44-28-40(32-56-34-44)60-36-62(54-20-8-6-18-52(54)60)50-22-10-14-38-12-2-4-16-46(38)50/h1-34H. The second-order valence-corrected chi connectivity index (χ2v) is 15.2. The van der Waals surface area contributed by atoms with Gasteiger partial charge in [-0.2, -0.15) is 0 Å². The van der Waals surface area contributed by atoms with Crippen LogP contribution >= 0.6 is 0 Å². The van der Waals surface area contributed by atoms with Crippen LogP contribution in [0.3, 0.4) is 0 Å². The van der Waals surface area contributed by atoms with Crippen molar-refractivity contribution in [2.45, 2.75) is 0 Å². The van der Waals surface area contributed by atoms with Crippen LogP contribution in [0, 0.1) is 12.7 Å². The van der Waals surface area contributed by atoms with Gasteiger partial charge in [0, 0.05) is 36.9 Å². The number of benzene rings is 6. The minimum absolute atomic E-state index is 0.560. The molecule has 6 aromatic carbocycles. The first-order valence-electron chi connectivity index (χ1n) is 20.8. The Bertz CT molecular complexity index is 3470. The Balaban J connectivity index is 0.812. The van der Waals surface area contributed by atoms with E-state index in [4.69, 9.17) is 9.47 Å². The van der Waals surface area contributed by atoms with Crippen molar-refractivity contribution in [1.82, 2.24) is 29.1 Å². The number of hydrogen-bond donors (Lipinski definition) is 0. The number of imidazole rings is 2. The topological polar surface area (TPSA) is 87.6 Å². The zero-order valence-corrected chi connectivity index (χ0v) is 34.0. The summed E-state index contributed by atoms with van der Waals surface area (Å²) in [6.07, 6.45) is 17.6. The van der Waals surface area contributed by atoms with Gasteiger partial charge in [-0.25, -0.2) is 0 Å². The number of para-hydroxylation sites is 4. The van der Waals surface area contributed by atoms with Gasteiger partial charge >= 0.3 is 0 Å². The Hall–Kier alpha value is -9.02. The predicted molar refractivity (Wildman–Crippen MR) is 246 cm³/mol. The highest BCUT2D eigenvalue weighted by molar-refractivity contribution is 5.93. The van der Waals surface area contributed by atoms with Gasteiger partial charge < -0.3 is 9.47 Å². The second-order valence-electron chi connectivity index (χ2n) is 15.2. The van der Waals surface area contributed by atoms with Gasteiger partial charge in [-0.05, 0) is 57.9 Å². The number of hydrogen-bond acceptors (Lipinski definition) is 6. The normalized spacial score (nSPS) is 11.4. The first-order chi connectivity index (χ1) is 31.7. The number of rotatable bonds is 9. The molecule has 0 bridgehead atoms. The number of nitrogens with zero attached hydrogens (tertiary/aromatic N) is 8. The summed E-state index contributed by atoms with van der Waals surface area (Å²) in [6.45, 7) is 0. The first-order valence-corrected chi connectivity index (χ1v) is 20.8. The Morgan fingerprint density at radius 2 is 0.844 bits per heavy atom. The van der Waals surface area contributed by atoms with E-state index in [1.807, 2.05) is 82.2 Å². The molecule has 0 fully saturated rings. The molecule has 0 aliphatic carbocycles. The molecule has 6 heterocycles. The Labute approximate surface area is 366 Å². The summed E-state index contributed by atoms with van der Waals surface area (Å²) >= 11 is 0. The average Bonchev–Trinajstić information content (AvgIpc) is 3.94. The number of ether oxygens (including phenoxy) is 2. The molecule has 10 heteroatoms. The molecule has 0 atom stereocenters. The van der Waals surface area contributed by atoms with Crippen LogP contribution in [0.4, 0.5) is 0 Å². The number of fused-ring (bicyclic) bond motifs is 4. The van der Waals surface area contributed by atoms with E-state index in [0.29, 0.717) is 34.4 Å². The highest BCUT2D eigenvalue weighted by Gasteiger charge is 2.17. The first kappa shape index (κ1) is 36.8. The summed E-state index contributed by atoms with van der Waals surface area (Å²) in [5.74, 6) is 2.28. The molecular formula is C54H34N8O2. The molecule has 0 unspecified atom stereocenters. The Morgan fingerprint density at radius 1 is 0.406 bits per heavy atom. The highest BCUT2D eigenvalue weighted by atomic mass is 16.5. The SMILES string of the molecule is [c-]1n(-c2cccc3ccccc23)c2ccccc2[n+]1-c1cncc(Oc2ccnc(-c3cc(Oc4cncc(-[n+]5[c-]n(-c6cccc7ccccc67)c6ccccc65)c4)ccn3)c2)c1. The van der Waals surface area contributed by atoms with Gasteiger partial charge in [0.25, 0.3) is 12.7 Å². The van der Waals surface area contributed by atoms with E-state index in [9.17, 15) is 0 Å². The van der Waals surface area contributed by atoms with Crippen LogP contribution in [0.5, 0.6) is 23.0 Å². The van der Waals surface area contributed by atoms with Crippen molar-refractivity contribution in [2.75, 3.05) is 0 Å². The van der Waals surface area contributed by atoms with Gasteiger partial charge in [0.2, 0.25) is 0 Å². The molecule has 0 radical (unpaired) electrons. The summed E-state index contributed by atoms with van der Waals surface area (Å²) in [5, 5.41) is 4.61. The molecule has 302 valence electrons. The maximum atomic E-state index is 6.42. The van der Waals surface area contributed by atoms with Crippen molar-refractivity contribution in [3.8, 4) is 57.1 Å². The molecule has 12 rings (SSSR count). The minimum atomic E-state index is 0.560. The molecule has 0 aliphatic rings. The summed E-state index contributed by atoms with van der Waals surface area (Å²) in [7, 11) is 0. The van der Waals surface area contributed by atoms with E-state index < -0.39 is 0 Å². The number of pyridine rings is 4. The smallest absolute Gasteiger partial charge is 0.269 e. The van der Waals surface area contributed by atoms with Crippen molar-refractivity contribution in [1.29, 1.82) is 0 Å². The van der Waals surface area contributed by atoms with Crippen molar-refractivity contribution in [3.63, 3.8) is 0 Å². The fraction of sp³-hybridized carbons (Fsp3) is 0.